The fourth-order valence-electron chi connectivity index (χ4n) is 2.10. The van der Waals surface area contributed by atoms with Crippen molar-refractivity contribution < 1.29 is 14.1 Å². The largest absolute Gasteiger partial charge is 0.457 e. The molecule has 0 saturated heterocycles. The summed E-state index contributed by atoms with van der Waals surface area (Å²) in [6.07, 6.45) is 3.16. The van der Waals surface area contributed by atoms with E-state index < -0.39 is 10.8 Å². The number of benzene rings is 1. The van der Waals surface area contributed by atoms with E-state index in [4.69, 9.17) is 9.68 Å². The van der Waals surface area contributed by atoms with Gasteiger partial charge < -0.3 is 9.73 Å². The number of non-ortho nitro benzene ring substituents is 1. The van der Waals surface area contributed by atoms with Gasteiger partial charge in [0.25, 0.3) is 11.6 Å². The highest BCUT2D eigenvalue weighted by molar-refractivity contribution is 6.01. The molecule has 7 heteroatoms. The molecule has 1 amide bonds. The van der Waals surface area contributed by atoms with E-state index in [1.807, 2.05) is 13.0 Å². The minimum atomic E-state index is -0.476. The van der Waals surface area contributed by atoms with Gasteiger partial charge in [-0.25, -0.2) is 0 Å². The molecular weight excluding hydrogens is 322 g/mol. The molecule has 1 aromatic heterocycles. The van der Waals surface area contributed by atoms with E-state index >= 15 is 0 Å². The number of nitrogens with zero attached hydrogens (tertiary/aromatic N) is 2. The van der Waals surface area contributed by atoms with Crippen LogP contribution in [0.3, 0.4) is 0 Å². The summed E-state index contributed by atoms with van der Waals surface area (Å²) in [6.45, 7) is 2.52. The zero-order valence-electron chi connectivity index (χ0n) is 13.7. The van der Waals surface area contributed by atoms with E-state index in [2.05, 4.69) is 5.32 Å². The Morgan fingerprint density at radius 2 is 2.04 bits per heavy atom. The van der Waals surface area contributed by atoms with Gasteiger partial charge in [-0.15, -0.1) is 0 Å². The third-order valence-corrected chi connectivity index (χ3v) is 3.46. The number of hydrogen-bond acceptors (Lipinski definition) is 5. The van der Waals surface area contributed by atoms with Crippen molar-refractivity contribution >= 4 is 17.7 Å². The van der Waals surface area contributed by atoms with E-state index in [0.29, 0.717) is 23.6 Å². The van der Waals surface area contributed by atoms with E-state index in [1.165, 1.54) is 18.2 Å². The number of carbonyl (C=O) groups is 1. The molecular formula is C18H17N3O4. The number of nitro benzene ring substituents is 1. The highest BCUT2D eigenvalue weighted by Crippen LogP contribution is 2.25. The first-order valence-electron chi connectivity index (χ1n) is 7.79. The summed E-state index contributed by atoms with van der Waals surface area (Å²) in [7, 11) is 0. The van der Waals surface area contributed by atoms with Crippen LogP contribution in [-0.2, 0) is 4.79 Å². The van der Waals surface area contributed by atoms with Crippen molar-refractivity contribution in [1.29, 1.82) is 5.26 Å². The van der Waals surface area contributed by atoms with E-state index in [9.17, 15) is 14.9 Å². The maximum atomic E-state index is 11.9. The van der Waals surface area contributed by atoms with E-state index in [-0.39, 0.29) is 11.3 Å². The van der Waals surface area contributed by atoms with Crippen LogP contribution in [-0.4, -0.2) is 17.4 Å². The van der Waals surface area contributed by atoms with Crippen molar-refractivity contribution in [3.63, 3.8) is 0 Å². The summed E-state index contributed by atoms with van der Waals surface area (Å²) in [5.74, 6) is 0.407. The van der Waals surface area contributed by atoms with Crippen LogP contribution in [0.15, 0.2) is 46.4 Å². The van der Waals surface area contributed by atoms with Gasteiger partial charge >= 0.3 is 0 Å². The Morgan fingerprint density at radius 1 is 1.32 bits per heavy atom. The van der Waals surface area contributed by atoms with Gasteiger partial charge in [0.05, 0.1) is 4.92 Å². The molecule has 25 heavy (non-hydrogen) atoms. The predicted octanol–water partition coefficient (Wildman–Crippen LogP) is 3.68. The molecule has 0 aliphatic carbocycles. The van der Waals surface area contributed by atoms with Crippen molar-refractivity contribution in [3.8, 4) is 17.4 Å². The lowest BCUT2D eigenvalue weighted by Gasteiger charge is -2.02. The van der Waals surface area contributed by atoms with Gasteiger partial charge in [-0.2, -0.15) is 5.26 Å². The predicted molar refractivity (Wildman–Crippen MR) is 92.3 cm³/mol. The SMILES string of the molecule is CCCCNC(=O)/C(C#N)=C/c1ccc(-c2ccc([N+](=O)[O-])cc2)o1. The molecule has 1 N–H and O–H groups in total. The number of amides is 1. The lowest BCUT2D eigenvalue weighted by atomic mass is 10.1. The van der Waals surface area contributed by atoms with Crippen molar-refractivity contribution in [1.82, 2.24) is 5.32 Å². The van der Waals surface area contributed by atoms with Crippen LogP contribution in [0.25, 0.3) is 17.4 Å². The second kappa shape index (κ2) is 8.45. The average Bonchev–Trinajstić information content (AvgIpc) is 3.08. The van der Waals surface area contributed by atoms with Gasteiger partial charge in [0, 0.05) is 30.3 Å². The van der Waals surface area contributed by atoms with Gasteiger partial charge in [-0.1, -0.05) is 13.3 Å². The molecule has 128 valence electrons. The van der Waals surface area contributed by atoms with Crippen molar-refractivity contribution in [2.24, 2.45) is 0 Å². The van der Waals surface area contributed by atoms with Crippen LogP contribution in [0.5, 0.6) is 0 Å². The van der Waals surface area contributed by atoms with Crippen molar-refractivity contribution in [2.75, 3.05) is 6.54 Å². The Labute approximate surface area is 144 Å². The fourth-order valence-corrected chi connectivity index (χ4v) is 2.10. The summed E-state index contributed by atoms with van der Waals surface area (Å²) >= 11 is 0. The van der Waals surface area contributed by atoms with Gasteiger partial charge in [0.1, 0.15) is 23.2 Å². The maximum absolute atomic E-state index is 11.9. The highest BCUT2D eigenvalue weighted by atomic mass is 16.6. The van der Waals surface area contributed by atoms with Gasteiger partial charge in [0.15, 0.2) is 0 Å². The van der Waals surface area contributed by atoms with Crippen molar-refractivity contribution in [2.45, 2.75) is 19.8 Å². The molecule has 0 radical (unpaired) electrons. The number of hydrogen-bond donors (Lipinski definition) is 1. The van der Waals surface area contributed by atoms with Crippen LogP contribution in [0.2, 0.25) is 0 Å². The third-order valence-electron chi connectivity index (χ3n) is 3.46. The van der Waals surface area contributed by atoms with Crippen LogP contribution in [0.4, 0.5) is 5.69 Å². The van der Waals surface area contributed by atoms with E-state index in [1.54, 1.807) is 24.3 Å². The molecule has 0 spiro atoms. The number of nitriles is 1. The lowest BCUT2D eigenvalue weighted by Crippen LogP contribution is -2.25. The number of nitro groups is 1. The summed E-state index contributed by atoms with van der Waals surface area (Å²) in [4.78, 5) is 22.1. The second-order valence-corrected chi connectivity index (χ2v) is 5.29. The smallest absolute Gasteiger partial charge is 0.269 e. The standard InChI is InChI=1S/C18H17N3O4/c1-2-3-10-20-18(22)14(12-19)11-16-8-9-17(25-16)13-4-6-15(7-5-13)21(23)24/h4-9,11H,2-3,10H2,1H3,(H,20,22)/b14-11+. The van der Waals surface area contributed by atoms with Crippen LogP contribution in [0, 0.1) is 21.4 Å². The lowest BCUT2D eigenvalue weighted by molar-refractivity contribution is -0.384. The molecule has 0 unspecified atom stereocenters. The molecule has 0 aliphatic heterocycles. The first kappa shape index (κ1) is 17.9. The fraction of sp³-hybridized carbons (Fsp3) is 0.222. The highest BCUT2D eigenvalue weighted by Gasteiger charge is 2.11. The minimum absolute atomic E-state index is 0.00839. The molecule has 0 fully saturated rings. The maximum Gasteiger partial charge on any atom is 0.269 e. The topological polar surface area (TPSA) is 109 Å². The molecule has 1 aromatic carbocycles. The number of furan rings is 1. The van der Waals surface area contributed by atoms with Crippen LogP contribution >= 0.6 is 0 Å². The summed E-state index contributed by atoms with van der Waals surface area (Å²) in [5, 5.41) is 22.5. The van der Waals surface area contributed by atoms with Crippen LogP contribution < -0.4 is 5.32 Å². The monoisotopic (exact) mass is 339 g/mol. The first-order chi connectivity index (χ1) is 12.0. The molecule has 1 heterocycles. The van der Waals surface area contributed by atoms with Gasteiger partial charge in [-0.05, 0) is 30.7 Å². The Balaban J connectivity index is 2.15. The minimum Gasteiger partial charge on any atom is -0.457 e. The number of carbonyl (C=O) groups excluding carboxylic acids is 1. The number of unbranched alkanes of at least 4 members (excludes halogenated alkanes) is 1. The first-order valence-corrected chi connectivity index (χ1v) is 7.79. The summed E-state index contributed by atoms with van der Waals surface area (Å²) in [6, 6.07) is 11.1. The summed E-state index contributed by atoms with van der Waals surface area (Å²) < 4.78 is 5.60. The molecule has 0 bridgehead atoms. The molecule has 0 atom stereocenters. The quantitative estimate of drug-likeness (QED) is 0.272. The average molecular weight is 339 g/mol. The molecule has 0 saturated carbocycles. The number of nitrogens with one attached hydrogen (secondary N) is 1. The van der Waals surface area contributed by atoms with Gasteiger partial charge in [-0.3, -0.25) is 14.9 Å². The Kier molecular flexibility index (Phi) is 6.07. The normalized spacial score (nSPS) is 11.0. The molecule has 2 rings (SSSR count). The Morgan fingerprint density at radius 3 is 2.64 bits per heavy atom. The Bertz CT molecular complexity index is 829. The van der Waals surface area contributed by atoms with Crippen molar-refractivity contribution in [3.05, 3.63) is 57.8 Å². The molecule has 0 aliphatic rings. The zero-order chi connectivity index (χ0) is 18.2. The van der Waals surface area contributed by atoms with Crippen LogP contribution in [0.1, 0.15) is 25.5 Å². The zero-order valence-corrected chi connectivity index (χ0v) is 13.7. The van der Waals surface area contributed by atoms with E-state index in [0.717, 1.165) is 12.8 Å². The van der Waals surface area contributed by atoms with Gasteiger partial charge in [0.2, 0.25) is 0 Å². The molecule has 2 aromatic rings. The Hall–Kier alpha value is -3.40. The third kappa shape index (κ3) is 4.78. The number of rotatable bonds is 7. The summed E-state index contributed by atoms with van der Waals surface area (Å²) in [5.41, 5.74) is 0.614. The molecule has 7 nitrogen and oxygen atoms in total. The second-order valence-electron chi connectivity index (χ2n) is 5.29.